The molecule has 0 radical (unpaired) electrons. The number of nitrogens with one attached hydrogen (secondary N) is 1. The van der Waals surface area contributed by atoms with Gasteiger partial charge in [0, 0.05) is 17.6 Å². The highest BCUT2D eigenvalue weighted by Gasteiger charge is 2.48. The molecule has 34 heavy (non-hydrogen) atoms. The molecule has 6 nitrogen and oxygen atoms in total. The van der Waals surface area contributed by atoms with Crippen LogP contribution in [0.25, 0.3) is 11.5 Å². The van der Waals surface area contributed by atoms with Crippen LogP contribution in [-0.2, 0) is 17.9 Å². The average Bonchev–Trinajstić information content (AvgIpc) is 3.43. The number of hydrogen-bond acceptors (Lipinski definition) is 3. The van der Waals surface area contributed by atoms with Crippen LogP contribution in [0.3, 0.4) is 0 Å². The quantitative estimate of drug-likeness (QED) is 0.480. The summed E-state index contributed by atoms with van der Waals surface area (Å²) in [6.45, 7) is 2.55. The zero-order valence-electron chi connectivity index (χ0n) is 19.4. The predicted octanol–water partition coefficient (Wildman–Crippen LogP) is 5.66. The van der Waals surface area contributed by atoms with Crippen molar-refractivity contribution in [3.8, 4) is 11.5 Å². The summed E-state index contributed by atoms with van der Waals surface area (Å²) < 4.78 is 7.54. The van der Waals surface area contributed by atoms with Crippen molar-refractivity contribution < 1.29 is 14.0 Å². The van der Waals surface area contributed by atoms with Gasteiger partial charge in [-0.1, -0.05) is 49.4 Å². The van der Waals surface area contributed by atoms with Gasteiger partial charge in [0.05, 0.1) is 18.5 Å². The van der Waals surface area contributed by atoms with Gasteiger partial charge in [0.1, 0.15) is 17.0 Å². The third-order valence-corrected chi connectivity index (χ3v) is 7.47. The summed E-state index contributed by atoms with van der Waals surface area (Å²) >= 11 is 6.07. The molecule has 7 heteroatoms. The number of aromatic nitrogens is 1. The van der Waals surface area contributed by atoms with Gasteiger partial charge >= 0.3 is 0 Å². The van der Waals surface area contributed by atoms with E-state index in [1.165, 1.54) is 12.8 Å². The van der Waals surface area contributed by atoms with Gasteiger partial charge in [0.15, 0.2) is 0 Å². The van der Waals surface area contributed by atoms with Crippen LogP contribution in [0.5, 0.6) is 0 Å². The van der Waals surface area contributed by atoms with Gasteiger partial charge in [0.2, 0.25) is 5.91 Å². The van der Waals surface area contributed by atoms with E-state index in [-0.39, 0.29) is 17.9 Å². The van der Waals surface area contributed by atoms with E-state index in [0.29, 0.717) is 29.6 Å². The first kappa shape index (κ1) is 22.8. The molecule has 1 saturated carbocycles. The van der Waals surface area contributed by atoms with Gasteiger partial charge in [-0.3, -0.25) is 9.59 Å². The van der Waals surface area contributed by atoms with Gasteiger partial charge < -0.3 is 19.2 Å². The first-order valence-electron chi connectivity index (χ1n) is 12.1. The minimum Gasteiger partial charge on any atom is -0.463 e. The van der Waals surface area contributed by atoms with Crippen molar-refractivity contribution in [3.63, 3.8) is 0 Å². The molecule has 1 unspecified atom stereocenters. The van der Waals surface area contributed by atoms with Crippen LogP contribution >= 0.6 is 11.6 Å². The molecule has 2 aliphatic rings. The first-order chi connectivity index (χ1) is 16.5. The van der Waals surface area contributed by atoms with Crippen LogP contribution < -0.4 is 5.32 Å². The van der Waals surface area contributed by atoms with Crippen molar-refractivity contribution >= 4 is 23.4 Å². The Kier molecular flexibility index (Phi) is 6.26. The lowest BCUT2D eigenvalue weighted by Crippen LogP contribution is -2.64. The fourth-order valence-electron chi connectivity index (χ4n) is 5.20. The molecular formula is C27H30ClN3O3. The van der Waals surface area contributed by atoms with E-state index in [2.05, 4.69) is 5.32 Å². The maximum atomic E-state index is 13.9. The van der Waals surface area contributed by atoms with E-state index in [0.717, 1.165) is 36.9 Å². The van der Waals surface area contributed by atoms with Crippen LogP contribution in [0.2, 0.25) is 5.02 Å². The average molecular weight is 480 g/mol. The number of amides is 2. The second-order valence-corrected chi connectivity index (χ2v) is 10.1. The standard InChI is InChI=1S/C27H30ClN3O3/c1-27(26(33)29-21-7-4-2-3-5-8-21)18-30-22(24-9-6-16-34-24)14-15-23(30)25(32)31(27)17-19-10-12-20(28)13-11-19/h6,9-16,21H,2-5,7-8,17-18H2,1H3,(H,29,33). The Balaban J connectivity index is 1.51. The highest BCUT2D eigenvalue weighted by molar-refractivity contribution is 6.30. The number of furan rings is 1. The first-order valence-corrected chi connectivity index (χ1v) is 12.4. The lowest BCUT2D eigenvalue weighted by atomic mass is 9.92. The summed E-state index contributed by atoms with van der Waals surface area (Å²) in [4.78, 5) is 29.4. The molecule has 1 N–H and O–H groups in total. The number of carbonyl (C=O) groups is 2. The largest absolute Gasteiger partial charge is 0.463 e. The van der Waals surface area contributed by atoms with E-state index in [1.807, 2.05) is 60.0 Å². The topological polar surface area (TPSA) is 67.5 Å². The van der Waals surface area contributed by atoms with Gasteiger partial charge in [0.25, 0.3) is 5.91 Å². The zero-order valence-corrected chi connectivity index (χ0v) is 20.2. The summed E-state index contributed by atoms with van der Waals surface area (Å²) in [5, 5.41) is 3.94. The number of fused-ring (bicyclic) bond motifs is 1. The molecule has 178 valence electrons. The number of rotatable bonds is 5. The van der Waals surface area contributed by atoms with Gasteiger partial charge in [-0.15, -0.1) is 0 Å². The van der Waals surface area contributed by atoms with Crippen molar-refractivity contribution in [2.45, 2.75) is 70.1 Å². The van der Waals surface area contributed by atoms with Crippen LogP contribution in [0.1, 0.15) is 61.5 Å². The minimum absolute atomic E-state index is 0.105. The van der Waals surface area contributed by atoms with Crippen LogP contribution in [0, 0.1) is 0 Å². The summed E-state index contributed by atoms with van der Waals surface area (Å²) in [5.41, 5.74) is 1.22. The van der Waals surface area contributed by atoms with E-state index in [9.17, 15) is 9.59 Å². The van der Waals surface area contributed by atoms with E-state index < -0.39 is 5.54 Å². The lowest BCUT2D eigenvalue weighted by Gasteiger charge is -2.45. The Bertz CT molecular complexity index is 1160. The molecule has 1 aromatic carbocycles. The molecular weight excluding hydrogens is 450 g/mol. The number of halogens is 1. The molecule has 1 fully saturated rings. The highest BCUT2D eigenvalue weighted by atomic mass is 35.5. The van der Waals surface area contributed by atoms with E-state index in [1.54, 1.807) is 11.2 Å². The molecule has 1 aliphatic carbocycles. The predicted molar refractivity (Wildman–Crippen MR) is 131 cm³/mol. The Morgan fingerprint density at radius 2 is 1.76 bits per heavy atom. The number of hydrogen-bond donors (Lipinski definition) is 1. The van der Waals surface area contributed by atoms with E-state index in [4.69, 9.17) is 16.0 Å². The molecule has 1 aliphatic heterocycles. The maximum Gasteiger partial charge on any atom is 0.271 e. The third kappa shape index (κ3) is 4.27. The van der Waals surface area contributed by atoms with Crippen LogP contribution in [-0.4, -0.2) is 32.9 Å². The van der Waals surface area contributed by atoms with Gasteiger partial charge in [-0.2, -0.15) is 0 Å². The molecule has 2 aromatic heterocycles. The lowest BCUT2D eigenvalue weighted by molar-refractivity contribution is -0.134. The molecule has 0 spiro atoms. The monoisotopic (exact) mass is 479 g/mol. The summed E-state index contributed by atoms with van der Waals surface area (Å²) in [7, 11) is 0. The Morgan fingerprint density at radius 3 is 2.44 bits per heavy atom. The molecule has 2 amide bonds. The number of nitrogens with zero attached hydrogens (tertiary/aromatic N) is 2. The SMILES string of the molecule is CC1(C(=O)NC2CCCCCC2)Cn2c(ccc2-c2ccco2)C(=O)N1Cc1ccc(Cl)cc1. The smallest absolute Gasteiger partial charge is 0.271 e. The second-order valence-electron chi connectivity index (χ2n) is 9.62. The van der Waals surface area contributed by atoms with Crippen molar-refractivity contribution in [1.82, 2.24) is 14.8 Å². The Morgan fingerprint density at radius 1 is 1.06 bits per heavy atom. The zero-order chi connectivity index (χ0) is 23.7. The van der Waals surface area contributed by atoms with Gasteiger partial charge in [-0.05, 0) is 61.7 Å². The molecule has 5 rings (SSSR count). The normalized spacial score (nSPS) is 21.2. The minimum atomic E-state index is -1.06. The fourth-order valence-corrected chi connectivity index (χ4v) is 5.32. The van der Waals surface area contributed by atoms with Crippen molar-refractivity contribution in [3.05, 3.63) is 71.1 Å². The van der Waals surface area contributed by atoms with Crippen LogP contribution in [0.4, 0.5) is 0 Å². The Labute approximate surface area is 204 Å². The molecule has 3 heterocycles. The summed E-state index contributed by atoms with van der Waals surface area (Å²) in [5.74, 6) is 0.403. The maximum absolute atomic E-state index is 13.9. The summed E-state index contributed by atoms with van der Waals surface area (Å²) in [6, 6.07) is 15.0. The fraction of sp³-hybridized carbons (Fsp3) is 0.407. The summed E-state index contributed by atoms with van der Waals surface area (Å²) in [6.07, 6.45) is 8.26. The van der Waals surface area contributed by atoms with Crippen molar-refractivity contribution in [2.75, 3.05) is 0 Å². The Hall–Kier alpha value is -2.99. The molecule has 0 bridgehead atoms. The van der Waals surface area contributed by atoms with E-state index >= 15 is 0 Å². The molecule has 3 aromatic rings. The number of carbonyl (C=O) groups excluding carboxylic acids is 2. The third-order valence-electron chi connectivity index (χ3n) is 7.21. The van der Waals surface area contributed by atoms with Crippen molar-refractivity contribution in [2.24, 2.45) is 0 Å². The molecule has 1 atom stereocenters. The number of benzene rings is 1. The van der Waals surface area contributed by atoms with Gasteiger partial charge in [-0.25, -0.2) is 0 Å². The highest BCUT2D eigenvalue weighted by Crippen LogP contribution is 2.35. The van der Waals surface area contributed by atoms with Crippen molar-refractivity contribution in [1.29, 1.82) is 0 Å². The van der Waals surface area contributed by atoms with Crippen LogP contribution in [0.15, 0.2) is 59.2 Å². The molecule has 0 saturated heterocycles. The second kappa shape index (κ2) is 9.34.